The molecular formula is C14H22N2O4. The van der Waals surface area contributed by atoms with E-state index in [-0.39, 0.29) is 6.42 Å². The number of hydrogen-bond acceptors (Lipinski definition) is 3. The number of carbonyl (C=O) groups excluding carboxylic acids is 2. The highest BCUT2D eigenvalue weighted by Gasteiger charge is 2.30. The molecule has 0 atom stereocenters. The first-order valence-corrected chi connectivity index (χ1v) is 6.80. The quantitative estimate of drug-likeness (QED) is 0.647. The molecule has 0 aliphatic heterocycles. The van der Waals surface area contributed by atoms with Crippen molar-refractivity contribution in [3.8, 4) is 0 Å². The van der Waals surface area contributed by atoms with E-state index in [4.69, 9.17) is 5.11 Å². The lowest BCUT2D eigenvalue weighted by atomic mass is 9.89. The molecule has 0 saturated heterocycles. The molecule has 1 rings (SSSR count). The van der Waals surface area contributed by atoms with Crippen LogP contribution in [0.3, 0.4) is 0 Å². The number of carbonyl (C=O) groups is 3. The van der Waals surface area contributed by atoms with Crippen molar-refractivity contribution in [1.29, 1.82) is 0 Å². The number of carboxylic acid groups (broad SMARTS) is 1. The summed E-state index contributed by atoms with van der Waals surface area (Å²) in [7, 11) is 0. The van der Waals surface area contributed by atoms with Crippen LogP contribution in [-0.4, -0.2) is 29.6 Å². The third kappa shape index (κ3) is 5.42. The SMILES string of the molecule is CC(C)(CC(=O)NC(=O)NCCC1=CCCC1)C(=O)O. The minimum absolute atomic E-state index is 0.235. The van der Waals surface area contributed by atoms with E-state index in [1.807, 2.05) is 0 Å². The summed E-state index contributed by atoms with van der Waals surface area (Å²) in [4.78, 5) is 33.9. The number of rotatable bonds is 6. The Morgan fingerprint density at radius 1 is 1.35 bits per heavy atom. The van der Waals surface area contributed by atoms with E-state index in [1.54, 1.807) is 0 Å². The van der Waals surface area contributed by atoms with Gasteiger partial charge in [0, 0.05) is 13.0 Å². The average Bonchev–Trinajstić information content (AvgIpc) is 2.80. The number of carboxylic acids is 1. The van der Waals surface area contributed by atoms with Crippen LogP contribution in [0.4, 0.5) is 4.79 Å². The van der Waals surface area contributed by atoms with Gasteiger partial charge in [-0.25, -0.2) is 4.79 Å². The van der Waals surface area contributed by atoms with Gasteiger partial charge < -0.3 is 10.4 Å². The van der Waals surface area contributed by atoms with Crippen molar-refractivity contribution in [2.24, 2.45) is 5.41 Å². The minimum Gasteiger partial charge on any atom is -0.481 e. The predicted molar refractivity (Wildman–Crippen MR) is 74.1 cm³/mol. The molecule has 0 aromatic rings. The fraction of sp³-hybridized carbons (Fsp3) is 0.643. The zero-order valence-corrected chi connectivity index (χ0v) is 12.0. The Hall–Kier alpha value is -1.85. The lowest BCUT2D eigenvalue weighted by Crippen LogP contribution is -2.42. The van der Waals surface area contributed by atoms with Crippen LogP contribution in [-0.2, 0) is 9.59 Å². The lowest BCUT2D eigenvalue weighted by Gasteiger charge is -2.17. The van der Waals surface area contributed by atoms with Crippen molar-refractivity contribution in [1.82, 2.24) is 10.6 Å². The summed E-state index contributed by atoms with van der Waals surface area (Å²) in [5, 5.41) is 13.6. The number of urea groups is 1. The molecule has 0 radical (unpaired) electrons. The second-order valence-corrected chi connectivity index (χ2v) is 5.67. The highest BCUT2D eigenvalue weighted by atomic mass is 16.4. The second-order valence-electron chi connectivity index (χ2n) is 5.67. The standard InChI is InChI=1S/C14H22N2O4/c1-14(2,12(18)19)9-11(17)16-13(20)15-8-7-10-5-3-4-6-10/h5H,3-4,6-9H2,1-2H3,(H,18,19)(H2,15,16,17,20). The maximum absolute atomic E-state index is 11.5. The van der Waals surface area contributed by atoms with E-state index in [2.05, 4.69) is 16.7 Å². The van der Waals surface area contributed by atoms with E-state index < -0.39 is 23.3 Å². The molecular weight excluding hydrogens is 260 g/mol. The van der Waals surface area contributed by atoms with Crippen LogP contribution in [0.2, 0.25) is 0 Å². The zero-order valence-electron chi connectivity index (χ0n) is 12.0. The largest absolute Gasteiger partial charge is 0.481 e. The monoisotopic (exact) mass is 282 g/mol. The summed E-state index contributed by atoms with van der Waals surface area (Å²) in [5.74, 6) is -1.66. The Bertz CT molecular complexity index is 427. The van der Waals surface area contributed by atoms with Crippen LogP contribution >= 0.6 is 0 Å². The smallest absolute Gasteiger partial charge is 0.321 e. The van der Waals surface area contributed by atoms with Gasteiger partial charge in [0.1, 0.15) is 0 Å². The first-order chi connectivity index (χ1) is 9.31. The molecule has 0 spiro atoms. The molecule has 0 unspecified atom stereocenters. The second kappa shape index (κ2) is 7.07. The number of imide groups is 1. The summed E-state index contributed by atoms with van der Waals surface area (Å²) >= 11 is 0. The summed E-state index contributed by atoms with van der Waals surface area (Å²) < 4.78 is 0. The van der Waals surface area contributed by atoms with Crippen LogP contribution in [0.15, 0.2) is 11.6 Å². The molecule has 0 aromatic heterocycles. The molecule has 3 N–H and O–H groups in total. The van der Waals surface area contributed by atoms with Gasteiger partial charge in [0.15, 0.2) is 0 Å². The van der Waals surface area contributed by atoms with Crippen LogP contribution < -0.4 is 10.6 Å². The summed E-state index contributed by atoms with van der Waals surface area (Å²) in [5.41, 5.74) is 0.155. The van der Waals surface area contributed by atoms with Gasteiger partial charge in [-0.1, -0.05) is 11.6 Å². The molecule has 0 saturated carbocycles. The summed E-state index contributed by atoms with van der Waals surface area (Å²) in [6.45, 7) is 3.37. The van der Waals surface area contributed by atoms with E-state index in [0.29, 0.717) is 6.54 Å². The van der Waals surface area contributed by atoms with Crippen molar-refractivity contribution in [3.63, 3.8) is 0 Å². The van der Waals surface area contributed by atoms with Gasteiger partial charge >= 0.3 is 12.0 Å². The van der Waals surface area contributed by atoms with Crippen LogP contribution in [0.5, 0.6) is 0 Å². The maximum Gasteiger partial charge on any atom is 0.321 e. The maximum atomic E-state index is 11.5. The lowest BCUT2D eigenvalue weighted by molar-refractivity contribution is -0.149. The first kappa shape index (κ1) is 16.2. The zero-order chi connectivity index (χ0) is 15.2. The molecule has 1 aliphatic carbocycles. The Kier molecular flexibility index (Phi) is 5.73. The Morgan fingerprint density at radius 2 is 2.05 bits per heavy atom. The predicted octanol–water partition coefficient (Wildman–Crippen LogP) is 1.81. The Labute approximate surface area is 118 Å². The fourth-order valence-corrected chi connectivity index (χ4v) is 1.99. The molecule has 20 heavy (non-hydrogen) atoms. The van der Waals surface area contributed by atoms with Crippen LogP contribution in [0.1, 0.15) is 46.0 Å². The molecule has 3 amide bonds. The van der Waals surface area contributed by atoms with Crippen molar-refractivity contribution < 1.29 is 19.5 Å². The summed E-state index contributed by atoms with van der Waals surface area (Å²) in [6, 6.07) is -0.574. The van der Waals surface area contributed by atoms with E-state index >= 15 is 0 Å². The van der Waals surface area contributed by atoms with Crippen molar-refractivity contribution >= 4 is 17.9 Å². The molecule has 0 bridgehead atoms. The van der Waals surface area contributed by atoms with E-state index in [0.717, 1.165) is 19.3 Å². The van der Waals surface area contributed by atoms with Gasteiger partial charge in [-0.05, 0) is 39.5 Å². The molecule has 0 heterocycles. The van der Waals surface area contributed by atoms with Gasteiger partial charge in [-0.15, -0.1) is 0 Å². The molecule has 1 aliphatic rings. The molecule has 6 heteroatoms. The number of hydrogen-bond donors (Lipinski definition) is 3. The fourth-order valence-electron chi connectivity index (χ4n) is 1.99. The van der Waals surface area contributed by atoms with Crippen LogP contribution in [0.25, 0.3) is 0 Å². The number of allylic oxidation sites excluding steroid dienone is 1. The van der Waals surface area contributed by atoms with Crippen molar-refractivity contribution in [2.75, 3.05) is 6.54 Å². The molecule has 0 aromatic carbocycles. The number of nitrogens with one attached hydrogen (secondary N) is 2. The Morgan fingerprint density at radius 3 is 2.60 bits per heavy atom. The van der Waals surface area contributed by atoms with Gasteiger partial charge in [0.2, 0.25) is 5.91 Å². The highest BCUT2D eigenvalue weighted by molar-refractivity contribution is 5.96. The molecule has 6 nitrogen and oxygen atoms in total. The third-order valence-electron chi connectivity index (χ3n) is 3.30. The van der Waals surface area contributed by atoms with Crippen LogP contribution in [0, 0.1) is 5.41 Å². The molecule has 112 valence electrons. The third-order valence-corrected chi connectivity index (χ3v) is 3.30. The minimum atomic E-state index is -1.18. The van der Waals surface area contributed by atoms with Gasteiger partial charge in [-0.2, -0.15) is 0 Å². The van der Waals surface area contributed by atoms with E-state index in [1.165, 1.54) is 25.8 Å². The van der Waals surface area contributed by atoms with Crippen molar-refractivity contribution in [2.45, 2.75) is 46.0 Å². The van der Waals surface area contributed by atoms with Gasteiger partial charge in [0.25, 0.3) is 0 Å². The average molecular weight is 282 g/mol. The first-order valence-electron chi connectivity index (χ1n) is 6.80. The normalized spacial score (nSPS) is 14.6. The van der Waals surface area contributed by atoms with E-state index in [9.17, 15) is 14.4 Å². The number of aliphatic carboxylic acids is 1. The topological polar surface area (TPSA) is 95.5 Å². The van der Waals surface area contributed by atoms with Crippen molar-refractivity contribution in [3.05, 3.63) is 11.6 Å². The highest BCUT2D eigenvalue weighted by Crippen LogP contribution is 2.20. The molecule has 0 fully saturated rings. The summed E-state index contributed by atoms with van der Waals surface area (Å²) in [6.07, 6.45) is 6.09. The Balaban J connectivity index is 2.24. The number of amides is 3. The van der Waals surface area contributed by atoms with Gasteiger partial charge in [0.05, 0.1) is 5.41 Å². The van der Waals surface area contributed by atoms with Gasteiger partial charge in [-0.3, -0.25) is 14.9 Å².